The number of hydrogen-bond acceptors (Lipinski definition) is 2. The van der Waals surface area contributed by atoms with Gasteiger partial charge in [0.25, 0.3) is 0 Å². The first kappa shape index (κ1) is 11.7. The molecule has 1 atom stereocenters. The van der Waals surface area contributed by atoms with Crippen LogP contribution in [-0.4, -0.2) is 29.7 Å². The minimum Gasteiger partial charge on any atom is -0.332 e. The number of unbranched alkanes of at least 4 members (excludes halogenated alkanes) is 1. The lowest BCUT2D eigenvalue weighted by Gasteiger charge is -1.89. The van der Waals surface area contributed by atoms with Crippen LogP contribution >= 0.6 is 8.69 Å². The molecule has 0 saturated carbocycles. The summed E-state index contributed by atoms with van der Waals surface area (Å²) in [6.07, 6.45) is 2.13. The Morgan fingerprint density at radius 2 is 2.25 bits per heavy atom. The minimum atomic E-state index is -0.969. The molecule has 0 aromatic rings. The summed E-state index contributed by atoms with van der Waals surface area (Å²) in [7, 11) is -0.969. The van der Waals surface area contributed by atoms with E-state index in [4.69, 9.17) is 0 Å². The van der Waals surface area contributed by atoms with Gasteiger partial charge >= 0.3 is 23.1 Å². The first-order valence-corrected chi connectivity index (χ1v) is 3.41. The van der Waals surface area contributed by atoms with Gasteiger partial charge in [-0.05, 0) is 6.42 Å². The van der Waals surface area contributed by atoms with E-state index in [1.165, 1.54) is 0 Å². The number of rotatable bonds is 4. The van der Waals surface area contributed by atoms with E-state index < -0.39 is 8.69 Å². The third kappa shape index (κ3) is 10.0. The summed E-state index contributed by atoms with van der Waals surface area (Å²) in [4.78, 5) is 0. The zero-order valence-corrected chi connectivity index (χ0v) is 5.67. The molecule has 0 N–H and O–H groups in total. The highest BCUT2D eigenvalue weighted by molar-refractivity contribution is 7.17. The maximum Gasteiger partial charge on any atom is 0.316 e. The third-order valence-corrected chi connectivity index (χ3v) is 1.06. The summed E-state index contributed by atoms with van der Waals surface area (Å²) in [5.41, 5.74) is 0. The fourth-order valence-corrected chi connectivity index (χ4v) is 0.539. The zero-order chi connectivity index (χ0) is 5.54. The predicted molar refractivity (Wildman–Crippen MR) is 39.8 cm³/mol. The van der Waals surface area contributed by atoms with Crippen LogP contribution in [0, 0.1) is 0 Å². The van der Waals surface area contributed by atoms with Crippen molar-refractivity contribution in [2.24, 2.45) is 0 Å². The Morgan fingerprint density at radius 3 is 2.62 bits per heavy atom. The lowest BCUT2D eigenvalue weighted by Crippen LogP contribution is -1.79. The molecule has 0 spiro atoms. The van der Waals surface area contributed by atoms with Gasteiger partial charge in [0.1, 0.15) is 0 Å². The second kappa shape index (κ2) is 10.9. The van der Waals surface area contributed by atoms with Gasteiger partial charge in [-0.2, -0.15) is 0 Å². The maximum absolute atomic E-state index is 9.67. The second-order valence-electron chi connectivity index (χ2n) is 1.32. The highest BCUT2D eigenvalue weighted by Crippen LogP contribution is 1.96. The maximum atomic E-state index is 9.67. The van der Waals surface area contributed by atoms with Crippen LogP contribution in [0.5, 0.6) is 0 Å². The molecule has 0 aliphatic carbocycles. The third-order valence-electron chi connectivity index (χ3n) is 0.684. The quantitative estimate of drug-likeness (QED) is 0.331. The Kier molecular flexibility index (Phi) is 15.9. The Morgan fingerprint density at radius 1 is 1.62 bits per heavy atom. The van der Waals surface area contributed by atoms with Crippen molar-refractivity contribution in [1.82, 2.24) is 0 Å². The molecular formula is C4H13MgO2P. The highest BCUT2D eigenvalue weighted by Gasteiger charge is 1.77. The molecule has 0 saturated heterocycles. The smallest absolute Gasteiger partial charge is 0.316 e. The fourth-order valence-electron chi connectivity index (χ4n) is 0.276. The molecule has 0 bridgehead atoms. The molecule has 4 heteroatoms. The Balaban J connectivity index is 0. The lowest BCUT2D eigenvalue weighted by atomic mass is 10.4. The Hall–Kier alpha value is 0.956. The van der Waals surface area contributed by atoms with Gasteiger partial charge in [0.15, 0.2) is 8.69 Å². The first-order chi connectivity index (χ1) is 3.41. The van der Waals surface area contributed by atoms with Crippen molar-refractivity contribution in [1.29, 1.82) is 0 Å². The molecule has 0 fully saturated rings. The Bertz CT molecular complexity index is 51.3. The van der Waals surface area contributed by atoms with Crippen molar-refractivity contribution in [2.45, 2.75) is 19.8 Å². The van der Waals surface area contributed by atoms with Crippen molar-refractivity contribution < 1.29 is 9.09 Å². The van der Waals surface area contributed by atoms with Gasteiger partial charge in [0.05, 0.1) is 6.61 Å². The normalized spacial score (nSPS) is 9.62. The van der Waals surface area contributed by atoms with Crippen LogP contribution in [0.2, 0.25) is 0 Å². The van der Waals surface area contributed by atoms with E-state index in [0.717, 1.165) is 12.8 Å². The summed E-state index contributed by atoms with van der Waals surface area (Å²) in [6.45, 7) is 2.73. The molecule has 0 aliphatic heterocycles. The summed E-state index contributed by atoms with van der Waals surface area (Å²) in [5.74, 6) is 0. The molecule has 0 aliphatic rings. The molecule has 0 amide bonds. The molecule has 0 rings (SSSR count). The minimum absolute atomic E-state index is 0. The molecule has 1 unspecified atom stereocenters. The van der Waals surface area contributed by atoms with Gasteiger partial charge < -0.3 is 4.52 Å². The molecule has 0 aromatic heterocycles. The van der Waals surface area contributed by atoms with Crippen LogP contribution in [0.4, 0.5) is 0 Å². The van der Waals surface area contributed by atoms with Gasteiger partial charge in [0, 0.05) is 0 Å². The average molecular weight is 148 g/mol. The number of hydrogen-bond donors (Lipinski definition) is 0. The predicted octanol–water partition coefficient (Wildman–Crippen LogP) is 0.558. The average Bonchev–Trinajstić information content (AvgIpc) is 1.69. The van der Waals surface area contributed by atoms with Crippen LogP contribution in [-0.2, 0) is 9.09 Å². The summed E-state index contributed by atoms with van der Waals surface area (Å²) in [6, 6.07) is 0. The van der Waals surface area contributed by atoms with Crippen molar-refractivity contribution in [2.75, 3.05) is 6.61 Å². The van der Waals surface area contributed by atoms with Crippen LogP contribution in [0.25, 0.3) is 0 Å². The monoisotopic (exact) mass is 148 g/mol. The second-order valence-corrected chi connectivity index (χ2v) is 1.85. The highest BCUT2D eigenvalue weighted by atomic mass is 31.1. The summed E-state index contributed by atoms with van der Waals surface area (Å²) in [5, 5.41) is 0. The van der Waals surface area contributed by atoms with Crippen LogP contribution in [0.15, 0.2) is 0 Å². The Labute approximate surface area is 67.4 Å². The molecule has 0 heterocycles. The van der Waals surface area contributed by atoms with Crippen LogP contribution < -0.4 is 0 Å². The molecule has 0 radical (unpaired) electrons. The van der Waals surface area contributed by atoms with Gasteiger partial charge in [-0.15, -0.1) is 0 Å². The lowest BCUT2D eigenvalue weighted by molar-refractivity contribution is 0.334. The van der Waals surface area contributed by atoms with Crippen LogP contribution in [0.1, 0.15) is 19.8 Å². The largest absolute Gasteiger partial charge is 0.332 e. The first-order valence-electron chi connectivity index (χ1n) is 2.47. The van der Waals surface area contributed by atoms with E-state index in [1.54, 1.807) is 0 Å². The van der Waals surface area contributed by atoms with Crippen molar-refractivity contribution >= 4 is 31.7 Å². The van der Waals surface area contributed by atoms with Crippen molar-refractivity contribution in [3.63, 3.8) is 0 Å². The summed E-state index contributed by atoms with van der Waals surface area (Å²) >= 11 is 0. The topological polar surface area (TPSA) is 26.3 Å². The molecule has 0 aromatic carbocycles. The van der Waals surface area contributed by atoms with Crippen molar-refractivity contribution in [3.05, 3.63) is 0 Å². The van der Waals surface area contributed by atoms with Crippen LogP contribution in [0.3, 0.4) is 0 Å². The SMILES string of the molecule is CCCCO[PH2]=O.[MgH2]. The zero-order valence-electron chi connectivity index (χ0n) is 4.52. The fraction of sp³-hybridized carbons (Fsp3) is 1.00. The van der Waals surface area contributed by atoms with E-state index >= 15 is 0 Å². The van der Waals surface area contributed by atoms with E-state index in [-0.39, 0.29) is 23.1 Å². The van der Waals surface area contributed by atoms with Gasteiger partial charge in [0.2, 0.25) is 0 Å². The van der Waals surface area contributed by atoms with E-state index in [0.29, 0.717) is 6.61 Å². The molecular weight excluding hydrogens is 135 g/mol. The summed E-state index contributed by atoms with van der Waals surface area (Å²) < 4.78 is 14.3. The van der Waals surface area contributed by atoms with Gasteiger partial charge in [-0.3, -0.25) is 4.57 Å². The van der Waals surface area contributed by atoms with Gasteiger partial charge in [-0.25, -0.2) is 0 Å². The molecule has 8 heavy (non-hydrogen) atoms. The van der Waals surface area contributed by atoms with Gasteiger partial charge in [-0.1, -0.05) is 13.3 Å². The van der Waals surface area contributed by atoms with E-state index in [2.05, 4.69) is 11.4 Å². The van der Waals surface area contributed by atoms with E-state index in [1.807, 2.05) is 0 Å². The molecule has 48 valence electrons. The van der Waals surface area contributed by atoms with E-state index in [9.17, 15) is 4.57 Å². The molecule has 2 nitrogen and oxygen atoms in total. The van der Waals surface area contributed by atoms with Crippen molar-refractivity contribution in [3.8, 4) is 0 Å². The standard InChI is InChI=1S/C4H11O2P.Mg.2H/c1-2-3-4-6-7-5;;;/h2-4,7H2,1H3;;;.